The van der Waals surface area contributed by atoms with Gasteiger partial charge in [0, 0.05) is 5.69 Å². The number of thioether (sulfide) groups is 1. The molecule has 0 bridgehead atoms. The fraction of sp³-hybridized carbons (Fsp3) is 0.389. The van der Waals surface area contributed by atoms with Gasteiger partial charge in [0.2, 0.25) is 5.91 Å². The lowest BCUT2D eigenvalue weighted by Crippen LogP contribution is -2.24. The first-order chi connectivity index (χ1) is 10.6. The molecule has 1 unspecified atom stereocenters. The molecular weight excluding hydrogens is 294 g/mol. The van der Waals surface area contributed by atoms with Gasteiger partial charge < -0.3 is 9.73 Å². The maximum absolute atomic E-state index is 12.4. The van der Waals surface area contributed by atoms with Crippen LogP contribution in [0.4, 0.5) is 5.69 Å². The van der Waals surface area contributed by atoms with Crippen LogP contribution in [0.1, 0.15) is 44.4 Å². The van der Waals surface area contributed by atoms with Crippen LogP contribution in [0.5, 0.6) is 0 Å². The number of anilines is 1. The third kappa shape index (κ3) is 4.67. The summed E-state index contributed by atoms with van der Waals surface area (Å²) in [6.07, 6.45) is 2.45. The zero-order chi connectivity index (χ0) is 15.9. The lowest BCUT2D eigenvalue weighted by molar-refractivity contribution is -0.115. The lowest BCUT2D eigenvalue weighted by Gasteiger charge is -2.14. The number of benzene rings is 1. The van der Waals surface area contributed by atoms with Gasteiger partial charge in [0.1, 0.15) is 5.76 Å². The number of nitrogens with one attached hydrogen (secondary N) is 1. The highest BCUT2D eigenvalue weighted by atomic mass is 32.2. The Kier molecular flexibility index (Phi) is 6.13. The summed E-state index contributed by atoms with van der Waals surface area (Å²) in [7, 11) is 0. The van der Waals surface area contributed by atoms with Crippen LogP contribution >= 0.6 is 11.8 Å². The van der Waals surface area contributed by atoms with Crippen molar-refractivity contribution in [2.45, 2.75) is 44.1 Å². The van der Waals surface area contributed by atoms with Crippen LogP contribution in [0.3, 0.4) is 0 Å². The van der Waals surface area contributed by atoms with Crippen molar-refractivity contribution in [3.63, 3.8) is 0 Å². The van der Waals surface area contributed by atoms with Crippen molar-refractivity contribution in [3.05, 3.63) is 54.0 Å². The normalized spacial score (nSPS) is 12.4. The van der Waals surface area contributed by atoms with E-state index < -0.39 is 0 Å². The number of rotatable bonds is 7. The molecule has 0 saturated carbocycles. The van der Waals surface area contributed by atoms with Gasteiger partial charge in [-0.05, 0) is 42.2 Å². The van der Waals surface area contributed by atoms with Gasteiger partial charge in [-0.25, -0.2) is 0 Å². The Hall–Kier alpha value is -1.68. The molecule has 1 heterocycles. The maximum atomic E-state index is 12.4. The lowest BCUT2D eigenvalue weighted by atomic mass is 10.0. The molecule has 0 spiro atoms. The van der Waals surface area contributed by atoms with Crippen LogP contribution in [-0.2, 0) is 10.5 Å². The van der Waals surface area contributed by atoms with Gasteiger partial charge in [0.15, 0.2) is 0 Å². The molecule has 3 nitrogen and oxygen atoms in total. The van der Waals surface area contributed by atoms with Crippen LogP contribution in [0.25, 0.3) is 0 Å². The molecule has 0 aliphatic rings. The molecular formula is C18H23NO2S. The van der Waals surface area contributed by atoms with Crippen LogP contribution in [0, 0.1) is 0 Å². The molecule has 0 aliphatic heterocycles. The number of hydrogen-bond acceptors (Lipinski definition) is 3. The summed E-state index contributed by atoms with van der Waals surface area (Å²) < 4.78 is 5.31. The average Bonchev–Trinajstić information content (AvgIpc) is 3.01. The molecule has 1 aromatic heterocycles. The summed E-state index contributed by atoms with van der Waals surface area (Å²) in [6.45, 7) is 6.35. The molecule has 0 fully saturated rings. The number of hydrogen-bond donors (Lipinski definition) is 1. The highest BCUT2D eigenvalue weighted by Crippen LogP contribution is 2.23. The van der Waals surface area contributed by atoms with E-state index in [4.69, 9.17) is 4.42 Å². The summed E-state index contributed by atoms with van der Waals surface area (Å²) in [6, 6.07) is 11.9. The van der Waals surface area contributed by atoms with Gasteiger partial charge >= 0.3 is 0 Å². The second-order valence-electron chi connectivity index (χ2n) is 5.55. The van der Waals surface area contributed by atoms with E-state index >= 15 is 0 Å². The molecule has 2 rings (SSSR count). The Morgan fingerprint density at radius 3 is 2.50 bits per heavy atom. The summed E-state index contributed by atoms with van der Waals surface area (Å²) in [5.74, 6) is 2.16. The minimum atomic E-state index is -0.0742. The molecule has 1 amide bonds. The predicted octanol–water partition coefficient (Wildman–Crippen LogP) is 5.05. The van der Waals surface area contributed by atoms with E-state index in [2.05, 4.69) is 31.3 Å². The number of amides is 1. The van der Waals surface area contributed by atoms with Crippen molar-refractivity contribution < 1.29 is 9.21 Å². The summed E-state index contributed by atoms with van der Waals surface area (Å²) >= 11 is 1.61. The highest BCUT2D eigenvalue weighted by molar-refractivity contribution is 7.99. The second kappa shape index (κ2) is 8.08. The van der Waals surface area contributed by atoms with Gasteiger partial charge in [-0.15, -0.1) is 11.8 Å². The minimum Gasteiger partial charge on any atom is -0.468 e. The third-order valence-electron chi connectivity index (χ3n) is 3.51. The molecule has 22 heavy (non-hydrogen) atoms. The van der Waals surface area contributed by atoms with Crippen molar-refractivity contribution in [1.82, 2.24) is 0 Å². The Morgan fingerprint density at radius 1 is 1.23 bits per heavy atom. The third-order valence-corrected chi connectivity index (χ3v) is 4.92. The molecule has 0 aliphatic carbocycles. The Balaban J connectivity index is 1.90. The molecule has 4 heteroatoms. The first kappa shape index (κ1) is 16.7. The summed E-state index contributed by atoms with van der Waals surface area (Å²) in [4.78, 5) is 12.4. The van der Waals surface area contributed by atoms with Gasteiger partial charge in [-0.1, -0.05) is 32.9 Å². The molecule has 0 radical (unpaired) electrons. The topological polar surface area (TPSA) is 42.2 Å². The van der Waals surface area contributed by atoms with E-state index in [1.165, 1.54) is 5.56 Å². The van der Waals surface area contributed by atoms with Crippen molar-refractivity contribution in [2.75, 3.05) is 5.32 Å². The fourth-order valence-electron chi connectivity index (χ4n) is 2.13. The van der Waals surface area contributed by atoms with Crippen molar-refractivity contribution in [1.29, 1.82) is 0 Å². The van der Waals surface area contributed by atoms with Crippen molar-refractivity contribution >= 4 is 23.4 Å². The highest BCUT2D eigenvalue weighted by Gasteiger charge is 2.17. The van der Waals surface area contributed by atoms with Crippen molar-refractivity contribution in [2.24, 2.45) is 0 Å². The molecule has 2 aromatic rings. The fourth-order valence-corrected chi connectivity index (χ4v) is 3.11. The van der Waals surface area contributed by atoms with Gasteiger partial charge in [-0.2, -0.15) is 0 Å². The largest absolute Gasteiger partial charge is 0.468 e. The van der Waals surface area contributed by atoms with E-state index in [-0.39, 0.29) is 11.2 Å². The molecule has 1 atom stereocenters. The van der Waals surface area contributed by atoms with Gasteiger partial charge in [-0.3, -0.25) is 4.79 Å². The molecule has 0 saturated heterocycles. The average molecular weight is 317 g/mol. The summed E-state index contributed by atoms with van der Waals surface area (Å²) in [5.41, 5.74) is 2.13. The monoisotopic (exact) mass is 317 g/mol. The zero-order valence-electron chi connectivity index (χ0n) is 13.3. The quantitative estimate of drug-likeness (QED) is 0.776. The predicted molar refractivity (Wildman–Crippen MR) is 93.2 cm³/mol. The van der Waals surface area contributed by atoms with Crippen LogP contribution in [-0.4, -0.2) is 11.2 Å². The van der Waals surface area contributed by atoms with E-state index in [0.717, 1.165) is 17.9 Å². The van der Waals surface area contributed by atoms with Crippen LogP contribution in [0.2, 0.25) is 0 Å². The minimum absolute atomic E-state index is 0.0522. The smallest absolute Gasteiger partial charge is 0.237 e. The number of furan rings is 1. The molecule has 118 valence electrons. The molecule has 1 N–H and O–H groups in total. The second-order valence-corrected chi connectivity index (χ2v) is 6.74. The Morgan fingerprint density at radius 2 is 1.95 bits per heavy atom. The van der Waals surface area contributed by atoms with Crippen LogP contribution in [0.15, 0.2) is 47.1 Å². The Labute approximate surface area is 136 Å². The summed E-state index contributed by atoms with van der Waals surface area (Å²) in [5, 5.41) is 2.92. The van der Waals surface area contributed by atoms with E-state index in [0.29, 0.717) is 11.7 Å². The zero-order valence-corrected chi connectivity index (χ0v) is 14.2. The SMILES string of the molecule is CCC(SCc1ccco1)C(=O)Nc1ccc(C(C)C)cc1. The van der Waals surface area contributed by atoms with E-state index in [1.807, 2.05) is 31.2 Å². The van der Waals surface area contributed by atoms with E-state index in [9.17, 15) is 4.79 Å². The number of carbonyl (C=O) groups is 1. The van der Waals surface area contributed by atoms with Crippen molar-refractivity contribution in [3.8, 4) is 0 Å². The van der Waals surface area contributed by atoms with Gasteiger partial charge in [0.05, 0.1) is 17.3 Å². The number of carbonyl (C=O) groups excluding carboxylic acids is 1. The first-order valence-electron chi connectivity index (χ1n) is 7.65. The molecule has 1 aromatic carbocycles. The standard InChI is InChI=1S/C18H23NO2S/c1-4-17(22-12-16-6-5-11-21-16)18(20)19-15-9-7-14(8-10-15)13(2)3/h5-11,13,17H,4,12H2,1-3H3,(H,19,20). The van der Waals surface area contributed by atoms with Crippen LogP contribution < -0.4 is 5.32 Å². The maximum Gasteiger partial charge on any atom is 0.237 e. The Bertz CT molecular complexity index is 576. The van der Waals surface area contributed by atoms with E-state index in [1.54, 1.807) is 18.0 Å². The first-order valence-corrected chi connectivity index (χ1v) is 8.69. The van der Waals surface area contributed by atoms with Gasteiger partial charge in [0.25, 0.3) is 0 Å².